The van der Waals surface area contributed by atoms with Gasteiger partial charge in [0.1, 0.15) is 0 Å². The lowest BCUT2D eigenvalue weighted by Crippen LogP contribution is -2.23. The molecule has 0 saturated heterocycles. The summed E-state index contributed by atoms with van der Waals surface area (Å²) in [5.41, 5.74) is 1.26. The Balaban J connectivity index is 2.14. The van der Waals surface area contributed by atoms with Crippen molar-refractivity contribution < 1.29 is 14.5 Å². The van der Waals surface area contributed by atoms with E-state index in [-0.39, 0.29) is 11.6 Å². The zero-order chi connectivity index (χ0) is 18.4. The van der Waals surface area contributed by atoms with Gasteiger partial charge in [0.25, 0.3) is 11.6 Å². The van der Waals surface area contributed by atoms with E-state index >= 15 is 0 Å². The predicted molar refractivity (Wildman–Crippen MR) is 95.2 cm³/mol. The number of nitro benzene ring substituents is 1. The van der Waals surface area contributed by atoms with Gasteiger partial charge in [-0.15, -0.1) is 0 Å². The number of hydrogen-bond donors (Lipinski definition) is 1. The lowest BCUT2D eigenvalue weighted by atomic mass is 10.1. The minimum atomic E-state index is -0.499. The number of rotatable bonds is 5. The number of anilines is 1. The van der Waals surface area contributed by atoms with Crippen LogP contribution in [0.15, 0.2) is 54.6 Å². The second-order valence-corrected chi connectivity index (χ2v) is 5.42. The highest BCUT2D eigenvalue weighted by atomic mass is 16.6. The van der Waals surface area contributed by atoms with Gasteiger partial charge in [0.2, 0.25) is 5.91 Å². The molecule has 0 aliphatic heterocycles. The summed E-state index contributed by atoms with van der Waals surface area (Å²) < 4.78 is 0. The molecule has 0 unspecified atom stereocenters. The highest BCUT2D eigenvalue weighted by Crippen LogP contribution is 2.17. The van der Waals surface area contributed by atoms with Crippen LogP contribution in [0.2, 0.25) is 0 Å². The summed E-state index contributed by atoms with van der Waals surface area (Å²) in [7, 11) is 3.26. The number of para-hydroxylation sites is 1. The summed E-state index contributed by atoms with van der Waals surface area (Å²) in [5, 5.41) is 13.4. The van der Waals surface area contributed by atoms with E-state index in [1.165, 1.54) is 29.2 Å². The molecule has 0 aliphatic rings. The van der Waals surface area contributed by atoms with Crippen LogP contribution in [0.25, 0.3) is 6.08 Å². The van der Waals surface area contributed by atoms with Crippen LogP contribution >= 0.6 is 0 Å². The Hall–Kier alpha value is -3.48. The van der Waals surface area contributed by atoms with Gasteiger partial charge in [0, 0.05) is 32.3 Å². The normalized spacial score (nSPS) is 10.5. The molecule has 0 bridgehead atoms. The SMILES string of the molecule is CN(C)C(=O)c1ccccc1NC(=O)/C=C/c1cccc([N+](=O)[O-])c1. The van der Waals surface area contributed by atoms with Crippen LogP contribution in [0.1, 0.15) is 15.9 Å². The van der Waals surface area contributed by atoms with E-state index in [0.717, 1.165) is 0 Å². The number of carbonyl (C=O) groups is 2. The fourth-order valence-electron chi connectivity index (χ4n) is 2.11. The zero-order valence-electron chi connectivity index (χ0n) is 13.8. The molecule has 0 spiro atoms. The van der Waals surface area contributed by atoms with Crippen molar-refractivity contribution in [3.63, 3.8) is 0 Å². The van der Waals surface area contributed by atoms with Crippen molar-refractivity contribution in [1.82, 2.24) is 4.90 Å². The van der Waals surface area contributed by atoms with E-state index in [4.69, 9.17) is 0 Å². The third-order valence-corrected chi connectivity index (χ3v) is 3.33. The van der Waals surface area contributed by atoms with Gasteiger partial charge in [0.05, 0.1) is 16.2 Å². The molecule has 25 heavy (non-hydrogen) atoms. The van der Waals surface area contributed by atoms with Gasteiger partial charge < -0.3 is 10.2 Å². The van der Waals surface area contributed by atoms with Gasteiger partial charge in [-0.05, 0) is 23.8 Å². The lowest BCUT2D eigenvalue weighted by Gasteiger charge is -2.14. The first kappa shape index (κ1) is 17.9. The van der Waals surface area contributed by atoms with Gasteiger partial charge in [0.15, 0.2) is 0 Å². The Morgan fingerprint density at radius 1 is 1.12 bits per heavy atom. The molecule has 2 rings (SSSR count). The maximum atomic E-state index is 12.1. The number of nitrogens with one attached hydrogen (secondary N) is 1. The maximum Gasteiger partial charge on any atom is 0.270 e. The Morgan fingerprint density at radius 3 is 2.52 bits per heavy atom. The van der Waals surface area contributed by atoms with Crippen LogP contribution in [0.3, 0.4) is 0 Å². The Kier molecular flexibility index (Phi) is 5.62. The first-order chi connectivity index (χ1) is 11.9. The Labute approximate surface area is 144 Å². The zero-order valence-corrected chi connectivity index (χ0v) is 13.8. The minimum Gasteiger partial charge on any atom is -0.345 e. The van der Waals surface area contributed by atoms with Crippen LogP contribution < -0.4 is 5.32 Å². The highest BCUT2D eigenvalue weighted by molar-refractivity contribution is 6.07. The number of benzene rings is 2. The van der Waals surface area contributed by atoms with E-state index in [9.17, 15) is 19.7 Å². The van der Waals surface area contributed by atoms with Crippen molar-refractivity contribution in [2.24, 2.45) is 0 Å². The number of amides is 2. The molecule has 0 aliphatic carbocycles. The number of hydrogen-bond acceptors (Lipinski definition) is 4. The molecule has 2 amide bonds. The van der Waals surface area contributed by atoms with Gasteiger partial charge in [-0.1, -0.05) is 24.3 Å². The second-order valence-electron chi connectivity index (χ2n) is 5.42. The van der Waals surface area contributed by atoms with Crippen LogP contribution in [-0.2, 0) is 4.79 Å². The van der Waals surface area contributed by atoms with Crippen molar-refractivity contribution in [2.45, 2.75) is 0 Å². The minimum absolute atomic E-state index is 0.0514. The molecule has 0 saturated carbocycles. The monoisotopic (exact) mass is 339 g/mol. The van der Waals surface area contributed by atoms with E-state index < -0.39 is 10.8 Å². The molecule has 2 aromatic carbocycles. The maximum absolute atomic E-state index is 12.1. The van der Waals surface area contributed by atoms with E-state index in [1.54, 1.807) is 50.5 Å². The van der Waals surface area contributed by atoms with Gasteiger partial charge in [-0.3, -0.25) is 19.7 Å². The smallest absolute Gasteiger partial charge is 0.270 e. The number of nitro groups is 1. The molecular weight excluding hydrogens is 322 g/mol. The summed E-state index contributed by atoms with van der Waals surface area (Å²) in [6.07, 6.45) is 2.73. The molecule has 0 heterocycles. The third kappa shape index (κ3) is 4.74. The molecule has 7 heteroatoms. The largest absolute Gasteiger partial charge is 0.345 e. The van der Waals surface area contributed by atoms with Crippen LogP contribution in [0.4, 0.5) is 11.4 Å². The summed E-state index contributed by atoms with van der Waals surface area (Å²) in [6, 6.07) is 12.6. The average molecular weight is 339 g/mol. The molecule has 0 radical (unpaired) electrons. The summed E-state index contributed by atoms with van der Waals surface area (Å²) in [5.74, 6) is -0.663. The molecule has 1 N–H and O–H groups in total. The van der Waals surface area contributed by atoms with Crippen molar-refractivity contribution in [3.05, 3.63) is 75.8 Å². The number of non-ortho nitro benzene ring substituents is 1. The van der Waals surface area contributed by atoms with Crippen molar-refractivity contribution in [1.29, 1.82) is 0 Å². The Morgan fingerprint density at radius 2 is 1.84 bits per heavy atom. The fourth-order valence-corrected chi connectivity index (χ4v) is 2.11. The second kappa shape index (κ2) is 7.87. The van der Waals surface area contributed by atoms with Gasteiger partial charge in [-0.2, -0.15) is 0 Å². The van der Waals surface area contributed by atoms with Crippen LogP contribution in [-0.4, -0.2) is 35.7 Å². The highest BCUT2D eigenvalue weighted by Gasteiger charge is 2.13. The first-order valence-electron chi connectivity index (χ1n) is 7.42. The fraction of sp³-hybridized carbons (Fsp3) is 0.111. The van der Waals surface area contributed by atoms with Crippen molar-refractivity contribution in [2.75, 3.05) is 19.4 Å². The first-order valence-corrected chi connectivity index (χ1v) is 7.42. The topological polar surface area (TPSA) is 92.6 Å². The predicted octanol–water partition coefficient (Wildman–Crippen LogP) is 2.95. The third-order valence-electron chi connectivity index (χ3n) is 3.33. The molecule has 0 atom stereocenters. The Bertz CT molecular complexity index is 844. The summed E-state index contributed by atoms with van der Waals surface area (Å²) in [4.78, 5) is 35.9. The molecular formula is C18H17N3O4. The van der Waals surface area contributed by atoms with E-state index in [2.05, 4.69) is 5.32 Å². The summed E-state index contributed by atoms with van der Waals surface area (Å²) in [6.45, 7) is 0. The van der Waals surface area contributed by atoms with Crippen LogP contribution in [0.5, 0.6) is 0 Å². The summed E-state index contributed by atoms with van der Waals surface area (Å²) >= 11 is 0. The van der Waals surface area contributed by atoms with Gasteiger partial charge >= 0.3 is 0 Å². The lowest BCUT2D eigenvalue weighted by molar-refractivity contribution is -0.384. The number of nitrogens with zero attached hydrogens (tertiary/aromatic N) is 2. The van der Waals surface area contributed by atoms with E-state index in [0.29, 0.717) is 16.8 Å². The quantitative estimate of drug-likeness (QED) is 0.515. The van der Waals surface area contributed by atoms with Crippen molar-refractivity contribution in [3.8, 4) is 0 Å². The molecule has 0 fully saturated rings. The standard InChI is InChI=1S/C18H17N3O4/c1-20(2)18(23)15-8-3-4-9-16(15)19-17(22)11-10-13-6-5-7-14(12-13)21(24)25/h3-12H,1-2H3,(H,19,22)/b11-10+. The van der Waals surface area contributed by atoms with E-state index in [1.807, 2.05) is 0 Å². The van der Waals surface area contributed by atoms with Gasteiger partial charge in [-0.25, -0.2) is 0 Å². The number of carbonyl (C=O) groups excluding carboxylic acids is 2. The van der Waals surface area contributed by atoms with Crippen LogP contribution in [0, 0.1) is 10.1 Å². The van der Waals surface area contributed by atoms with Crippen molar-refractivity contribution >= 4 is 29.3 Å². The molecule has 128 valence electrons. The molecule has 2 aromatic rings. The molecule has 0 aromatic heterocycles. The molecule has 7 nitrogen and oxygen atoms in total. The average Bonchev–Trinajstić information content (AvgIpc) is 2.60.